The van der Waals surface area contributed by atoms with E-state index in [1.807, 2.05) is 0 Å². The second-order valence-electron chi connectivity index (χ2n) is 4.09. The third-order valence-corrected chi connectivity index (χ3v) is 3.43. The van der Waals surface area contributed by atoms with Crippen molar-refractivity contribution >= 4 is 17.7 Å². The molecule has 100 valence electrons. The van der Waals surface area contributed by atoms with Crippen LogP contribution in [0.1, 0.15) is 6.92 Å². The van der Waals surface area contributed by atoms with Gasteiger partial charge in [0.2, 0.25) is 5.91 Å². The van der Waals surface area contributed by atoms with Crippen molar-refractivity contribution in [2.75, 3.05) is 25.5 Å². The Morgan fingerprint density at radius 3 is 2.76 bits per heavy atom. The molecule has 17 heavy (non-hydrogen) atoms. The van der Waals surface area contributed by atoms with Crippen molar-refractivity contribution in [2.45, 2.75) is 18.5 Å². The molecule has 1 heterocycles. The lowest BCUT2D eigenvalue weighted by atomic mass is 9.85. The summed E-state index contributed by atoms with van der Waals surface area (Å²) >= 11 is -0.159. The normalized spacial score (nSPS) is 29.4. The van der Waals surface area contributed by atoms with Crippen LogP contribution >= 0.6 is 11.8 Å². The minimum Gasteiger partial charge on any atom is -0.379 e. The van der Waals surface area contributed by atoms with Gasteiger partial charge in [-0.05, 0) is 18.7 Å². The molecule has 2 unspecified atom stereocenters. The summed E-state index contributed by atoms with van der Waals surface area (Å²) in [4.78, 5) is 11.7. The topological polar surface area (TPSA) is 64.3 Å². The minimum atomic E-state index is -4.26. The third-order valence-electron chi connectivity index (χ3n) is 2.69. The van der Waals surface area contributed by atoms with Crippen molar-refractivity contribution in [3.8, 4) is 0 Å². The lowest BCUT2D eigenvalue weighted by Gasteiger charge is -2.25. The number of amides is 1. The first-order chi connectivity index (χ1) is 7.76. The van der Waals surface area contributed by atoms with Crippen molar-refractivity contribution in [2.24, 2.45) is 11.1 Å². The number of nitrogens with one attached hydrogen (secondary N) is 1. The molecule has 0 bridgehead atoms. The highest BCUT2D eigenvalue weighted by Crippen LogP contribution is 2.30. The fourth-order valence-corrected chi connectivity index (χ4v) is 1.89. The van der Waals surface area contributed by atoms with Gasteiger partial charge in [-0.25, -0.2) is 0 Å². The molecule has 0 aliphatic carbocycles. The lowest BCUT2D eigenvalue weighted by Crippen LogP contribution is -2.50. The summed E-state index contributed by atoms with van der Waals surface area (Å²) in [5.74, 6) is -0.563. The molecule has 1 saturated heterocycles. The van der Waals surface area contributed by atoms with Crippen LogP contribution in [0.3, 0.4) is 0 Å². The first-order valence-corrected chi connectivity index (χ1v) is 6.06. The molecular formula is C9H15F3N2O2S. The first-order valence-electron chi connectivity index (χ1n) is 5.08. The molecule has 0 saturated carbocycles. The van der Waals surface area contributed by atoms with Gasteiger partial charge in [-0.1, -0.05) is 0 Å². The van der Waals surface area contributed by atoms with Crippen LogP contribution in [0.4, 0.5) is 13.2 Å². The van der Waals surface area contributed by atoms with Crippen LogP contribution in [-0.4, -0.2) is 43.0 Å². The predicted molar refractivity (Wildman–Crippen MR) is 58.4 cm³/mol. The van der Waals surface area contributed by atoms with Crippen LogP contribution < -0.4 is 11.1 Å². The van der Waals surface area contributed by atoms with E-state index in [-0.39, 0.29) is 36.6 Å². The zero-order chi connectivity index (χ0) is 13.1. The molecule has 4 nitrogen and oxygen atoms in total. The van der Waals surface area contributed by atoms with Crippen molar-refractivity contribution in [3.63, 3.8) is 0 Å². The standard InChI is InChI=1S/C9H15F3N2O2S/c1-8(5-16-4-6(8)13)7(15)14-2-3-17-9(10,11)12/h6H,2-5,13H2,1H3,(H,14,15). The molecule has 1 aliphatic rings. The molecule has 0 spiro atoms. The van der Waals surface area contributed by atoms with Crippen LogP contribution in [0.2, 0.25) is 0 Å². The Balaban J connectivity index is 2.30. The molecule has 8 heteroatoms. The Labute approximate surface area is 101 Å². The number of alkyl halides is 3. The Bertz CT molecular complexity index is 288. The second-order valence-corrected chi connectivity index (χ2v) is 5.25. The largest absolute Gasteiger partial charge is 0.441 e. The van der Waals surface area contributed by atoms with Crippen LogP contribution in [0.5, 0.6) is 0 Å². The van der Waals surface area contributed by atoms with Gasteiger partial charge in [-0.3, -0.25) is 4.79 Å². The second kappa shape index (κ2) is 5.45. The van der Waals surface area contributed by atoms with Gasteiger partial charge < -0.3 is 15.8 Å². The monoisotopic (exact) mass is 272 g/mol. The summed E-state index contributed by atoms with van der Waals surface area (Å²) in [6.07, 6.45) is 0. The third kappa shape index (κ3) is 4.04. The number of hydrogen-bond donors (Lipinski definition) is 2. The summed E-state index contributed by atoms with van der Waals surface area (Å²) in [6, 6.07) is -0.419. The summed E-state index contributed by atoms with van der Waals surface area (Å²) in [5, 5.41) is 2.45. The molecule has 0 radical (unpaired) electrons. The molecule has 1 aliphatic heterocycles. The molecule has 1 fully saturated rings. The van der Waals surface area contributed by atoms with E-state index in [1.54, 1.807) is 6.92 Å². The molecule has 0 aromatic rings. The van der Waals surface area contributed by atoms with Gasteiger partial charge in [0.15, 0.2) is 0 Å². The predicted octanol–water partition coefficient (Wildman–Crippen LogP) is 0.719. The zero-order valence-electron chi connectivity index (χ0n) is 9.34. The quantitative estimate of drug-likeness (QED) is 0.740. The average molecular weight is 272 g/mol. The van der Waals surface area contributed by atoms with Crippen LogP contribution in [0.25, 0.3) is 0 Å². The van der Waals surface area contributed by atoms with Gasteiger partial charge in [0, 0.05) is 18.3 Å². The summed E-state index contributed by atoms with van der Waals surface area (Å²) < 4.78 is 40.6. The van der Waals surface area contributed by atoms with Crippen LogP contribution in [0.15, 0.2) is 0 Å². The van der Waals surface area contributed by atoms with Gasteiger partial charge in [0.1, 0.15) is 0 Å². The molecule has 1 amide bonds. The highest BCUT2D eigenvalue weighted by atomic mass is 32.2. The Kier molecular flexibility index (Phi) is 4.68. The van der Waals surface area contributed by atoms with E-state index in [1.165, 1.54) is 0 Å². The molecular weight excluding hydrogens is 257 g/mol. The summed E-state index contributed by atoms with van der Waals surface area (Å²) in [5.41, 5.74) is 0.610. The number of rotatable bonds is 4. The van der Waals surface area contributed by atoms with Crippen molar-refractivity contribution in [1.82, 2.24) is 5.32 Å². The van der Waals surface area contributed by atoms with Gasteiger partial charge >= 0.3 is 5.51 Å². The fourth-order valence-electron chi connectivity index (χ4n) is 1.46. The molecule has 0 aromatic heterocycles. The first kappa shape index (κ1) is 14.6. The number of carbonyl (C=O) groups is 1. The maximum atomic E-state index is 11.8. The minimum absolute atomic E-state index is 0.0364. The van der Waals surface area contributed by atoms with Crippen LogP contribution in [-0.2, 0) is 9.53 Å². The number of thioether (sulfide) groups is 1. The smallest absolute Gasteiger partial charge is 0.379 e. The van der Waals surface area contributed by atoms with E-state index in [4.69, 9.17) is 10.5 Å². The lowest BCUT2D eigenvalue weighted by molar-refractivity contribution is -0.130. The van der Waals surface area contributed by atoms with Crippen molar-refractivity contribution in [3.05, 3.63) is 0 Å². The number of carbonyl (C=O) groups excluding carboxylic acids is 1. The number of hydrogen-bond acceptors (Lipinski definition) is 4. The van der Waals surface area contributed by atoms with E-state index >= 15 is 0 Å². The summed E-state index contributed by atoms with van der Waals surface area (Å²) in [7, 11) is 0. The highest BCUT2D eigenvalue weighted by Gasteiger charge is 2.44. The summed E-state index contributed by atoms with van der Waals surface area (Å²) in [6.45, 7) is 2.11. The Hall–Kier alpha value is -0.470. The van der Waals surface area contributed by atoms with Gasteiger partial charge in [-0.2, -0.15) is 13.2 Å². The van der Waals surface area contributed by atoms with Gasteiger partial charge in [-0.15, -0.1) is 0 Å². The SMILES string of the molecule is CC1(C(=O)NCCSC(F)(F)F)COCC1N. The molecule has 3 N–H and O–H groups in total. The Morgan fingerprint density at radius 2 is 2.29 bits per heavy atom. The average Bonchev–Trinajstić information content (AvgIpc) is 2.54. The number of ether oxygens (including phenoxy) is 1. The molecule has 0 aromatic carbocycles. The maximum absolute atomic E-state index is 11.8. The van der Waals surface area contributed by atoms with Crippen molar-refractivity contribution in [1.29, 1.82) is 0 Å². The fraction of sp³-hybridized carbons (Fsp3) is 0.889. The molecule has 1 rings (SSSR count). The van der Waals surface area contributed by atoms with E-state index in [0.29, 0.717) is 6.61 Å². The zero-order valence-corrected chi connectivity index (χ0v) is 10.2. The van der Waals surface area contributed by atoms with E-state index < -0.39 is 17.0 Å². The Morgan fingerprint density at radius 1 is 1.65 bits per heavy atom. The van der Waals surface area contributed by atoms with E-state index in [2.05, 4.69) is 5.32 Å². The van der Waals surface area contributed by atoms with Gasteiger partial charge in [0.05, 0.1) is 18.6 Å². The van der Waals surface area contributed by atoms with E-state index in [0.717, 1.165) is 0 Å². The highest BCUT2D eigenvalue weighted by molar-refractivity contribution is 8.00. The van der Waals surface area contributed by atoms with E-state index in [9.17, 15) is 18.0 Å². The van der Waals surface area contributed by atoms with Crippen molar-refractivity contribution < 1.29 is 22.7 Å². The number of halogens is 3. The maximum Gasteiger partial charge on any atom is 0.441 e. The van der Waals surface area contributed by atoms with Crippen LogP contribution in [0, 0.1) is 5.41 Å². The number of nitrogens with two attached hydrogens (primary N) is 1. The molecule has 2 atom stereocenters. The van der Waals surface area contributed by atoms with Gasteiger partial charge in [0.25, 0.3) is 0 Å².